The molecule has 0 saturated heterocycles. The summed E-state index contributed by atoms with van der Waals surface area (Å²) < 4.78 is 0. The molecule has 1 saturated carbocycles. The van der Waals surface area contributed by atoms with Crippen LogP contribution in [-0.2, 0) is 6.42 Å². The van der Waals surface area contributed by atoms with E-state index in [1.54, 1.807) is 0 Å². The molecule has 0 amide bonds. The van der Waals surface area contributed by atoms with E-state index in [0.29, 0.717) is 5.92 Å². The lowest BCUT2D eigenvalue weighted by Crippen LogP contribution is -2.28. The van der Waals surface area contributed by atoms with Gasteiger partial charge in [0.2, 0.25) is 0 Å². The van der Waals surface area contributed by atoms with Crippen molar-refractivity contribution in [1.82, 2.24) is 0 Å². The third-order valence-corrected chi connectivity index (χ3v) is 3.85. The number of rotatable bonds is 3. The molecular formula is C15H22O. The highest BCUT2D eigenvalue weighted by atomic mass is 16.3. The Bertz CT molecular complexity index is 306. The molecule has 0 bridgehead atoms. The topological polar surface area (TPSA) is 20.2 Å². The van der Waals surface area contributed by atoms with E-state index in [-0.39, 0.29) is 6.10 Å². The summed E-state index contributed by atoms with van der Waals surface area (Å²) in [5.41, 5.74) is 1.40. The first-order valence-corrected chi connectivity index (χ1v) is 6.47. The largest absolute Gasteiger partial charge is 0.393 e. The van der Waals surface area contributed by atoms with Gasteiger partial charge in [0.25, 0.3) is 0 Å². The third kappa shape index (κ3) is 3.08. The summed E-state index contributed by atoms with van der Waals surface area (Å²) in [6, 6.07) is 10.6. The Balaban J connectivity index is 1.85. The highest BCUT2D eigenvalue weighted by Gasteiger charge is 2.26. The lowest BCUT2D eigenvalue weighted by Gasteiger charge is -2.31. The van der Waals surface area contributed by atoms with Crippen molar-refractivity contribution >= 4 is 0 Å². The molecule has 0 heterocycles. The van der Waals surface area contributed by atoms with Crippen molar-refractivity contribution in [2.45, 2.75) is 45.1 Å². The van der Waals surface area contributed by atoms with Gasteiger partial charge in [0.1, 0.15) is 0 Å². The second-order valence-corrected chi connectivity index (χ2v) is 5.27. The number of aliphatic hydroxyl groups is 1. The second kappa shape index (κ2) is 5.49. The summed E-state index contributed by atoms with van der Waals surface area (Å²) >= 11 is 0. The Morgan fingerprint density at radius 2 is 1.94 bits per heavy atom. The molecule has 0 aromatic heterocycles. The van der Waals surface area contributed by atoms with Crippen LogP contribution in [0.5, 0.6) is 0 Å². The van der Waals surface area contributed by atoms with Crippen molar-refractivity contribution < 1.29 is 5.11 Å². The zero-order chi connectivity index (χ0) is 11.4. The predicted octanol–water partition coefficient (Wildman–Crippen LogP) is 3.42. The number of aliphatic hydroxyl groups excluding tert-OH is 1. The summed E-state index contributed by atoms with van der Waals surface area (Å²) in [6.45, 7) is 2.31. The van der Waals surface area contributed by atoms with Gasteiger partial charge in [-0.25, -0.2) is 0 Å². The van der Waals surface area contributed by atoms with Gasteiger partial charge in [-0.1, -0.05) is 37.3 Å². The van der Waals surface area contributed by atoms with Gasteiger partial charge in [-0.3, -0.25) is 0 Å². The van der Waals surface area contributed by atoms with Gasteiger partial charge in [0, 0.05) is 0 Å². The standard InChI is InChI=1S/C15H22O/c1-12-7-10-15(16)14(11-12)9-8-13-5-3-2-4-6-13/h2-6,12,14-16H,7-11H2,1H3. The van der Waals surface area contributed by atoms with Crippen molar-refractivity contribution in [1.29, 1.82) is 0 Å². The molecule has 3 atom stereocenters. The summed E-state index contributed by atoms with van der Waals surface area (Å²) in [5, 5.41) is 9.96. The number of hydrogen-bond acceptors (Lipinski definition) is 1. The van der Waals surface area contributed by atoms with Crippen molar-refractivity contribution in [3.05, 3.63) is 35.9 Å². The van der Waals surface area contributed by atoms with Crippen LogP contribution in [0, 0.1) is 11.8 Å². The average molecular weight is 218 g/mol. The van der Waals surface area contributed by atoms with Crippen molar-refractivity contribution in [2.75, 3.05) is 0 Å². The fourth-order valence-corrected chi connectivity index (χ4v) is 2.79. The summed E-state index contributed by atoms with van der Waals surface area (Å²) in [4.78, 5) is 0. The van der Waals surface area contributed by atoms with Crippen LogP contribution in [0.3, 0.4) is 0 Å². The molecule has 0 aliphatic heterocycles. The minimum atomic E-state index is -0.0556. The smallest absolute Gasteiger partial charge is 0.0568 e. The molecule has 1 nitrogen and oxygen atoms in total. The minimum Gasteiger partial charge on any atom is -0.393 e. The maximum atomic E-state index is 9.96. The van der Waals surface area contributed by atoms with Crippen LogP contribution in [0.4, 0.5) is 0 Å². The molecule has 0 spiro atoms. The molecule has 88 valence electrons. The monoisotopic (exact) mass is 218 g/mol. The molecule has 1 heteroatoms. The van der Waals surface area contributed by atoms with E-state index in [9.17, 15) is 5.11 Å². The Morgan fingerprint density at radius 1 is 1.19 bits per heavy atom. The maximum Gasteiger partial charge on any atom is 0.0568 e. The molecule has 16 heavy (non-hydrogen) atoms. The van der Waals surface area contributed by atoms with Crippen molar-refractivity contribution in [3.63, 3.8) is 0 Å². The van der Waals surface area contributed by atoms with Crippen LogP contribution in [0.25, 0.3) is 0 Å². The van der Waals surface area contributed by atoms with E-state index in [0.717, 1.165) is 25.2 Å². The van der Waals surface area contributed by atoms with Crippen molar-refractivity contribution in [3.8, 4) is 0 Å². The Labute approximate surface area is 98.5 Å². The molecular weight excluding hydrogens is 196 g/mol. The fourth-order valence-electron chi connectivity index (χ4n) is 2.79. The average Bonchev–Trinajstić information content (AvgIpc) is 2.32. The first kappa shape index (κ1) is 11.7. The van der Waals surface area contributed by atoms with Crippen LogP contribution < -0.4 is 0 Å². The minimum absolute atomic E-state index is 0.0556. The quantitative estimate of drug-likeness (QED) is 0.824. The number of hydrogen-bond donors (Lipinski definition) is 1. The van der Waals surface area contributed by atoms with Gasteiger partial charge in [0.05, 0.1) is 6.10 Å². The van der Waals surface area contributed by atoms with E-state index in [1.165, 1.54) is 18.4 Å². The molecule has 1 aromatic rings. The normalized spacial score (nSPS) is 30.2. The van der Waals surface area contributed by atoms with Crippen LogP contribution in [0.2, 0.25) is 0 Å². The Kier molecular flexibility index (Phi) is 4.00. The summed E-state index contributed by atoms with van der Waals surface area (Å²) in [6.07, 6.45) is 5.59. The van der Waals surface area contributed by atoms with Gasteiger partial charge in [-0.2, -0.15) is 0 Å². The van der Waals surface area contributed by atoms with E-state index in [1.807, 2.05) is 0 Å². The van der Waals surface area contributed by atoms with Gasteiger partial charge >= 0.3 is 0 Å². The lowest BCUT2D eigenvalue weighted by atomic mass is 9.78. The molecule has 1 aliphatic rings. The number of aryl methyl sites for hydroxylation is 1. The lowest BCUT2D eigenvalue weighted by molar-refractivity contribution is 0.0476. The zero-order valence-electron chi connectivity index (χ0n) is 10.1. The molecule has 1 fully saturated rings. The van der Waals surface area contributed by atoms with E-state index in [2.05, 4.69) is 37.3 Å². The van der Waals surface area contributed by atoms with Crippen LogP contribution in [0.15, 0.2) is 30.3 Å². The van der Waals surface area contributed by atoms with E-state index in [4.69, 9.17) is 0 Å². The summed E-state index contributed by atoms with van der Waals surface area (Å²) in [5.74, 6) is 1.31. The second-order valence-electron chi connectivity index (χ2n) is 5.27. The van der Waals surface area contributed by atoms with Gasteiger partial charge in [0.15, 0.2) is 0 Å². The van der Waals surface area contributed by atoms with Gasteiger partial charge in [-0.15, -0.1) is 0 Å². The van der Waals surface area contributed by atoms with Crippen LogP contribution in [-0.4, -0.2) is 11.2 Å². The highest BCUT2D eigenvalue weighted by Crippen LogP contribution is 2.31. The van der Waals surface area contributed by atoms with Gasteiger partial charge in [-0.05, 0) is 49.5 Å². The molecule has 1 N–H and O–H groups in total. The predicted molar refractivity (Wildman–Crippen MR) is 67.3 cm³/mol. The maximum absolute atomic E-state index is 9.96. The van der Waals surface area contributed by atoms with Crippen molar-refractivity contribution in [2.24, 2.45) is 11.8 Å². The molecule has 1 aliphatic carbocycles. The third-order valence-electron chi connectivity index (χ3n) is 3.85. The molecule has 0 radical (unpaired) electrons. The summed E-state index contributed by atoms with van der Waals surface area (Å²) in [7, 11) is 0. The zero-order valence-corrected chi connectivity index (χ0v) is 10.1. The van der Waals surface area contributed by atoms with Gasteiger partial charge < -0.3 is 5.11 Å². The molecule has 1 aromatic carbocycles. The Morgan fingerprint density at radius 3 is 2.69 bits per heavy atom. The van der Waals surface area contributed by atoms with Crippen LogP contribution in [0.1, 0.15) is 38.2 Å². The van der Waals surface area contributed by atoms with E-state index < -0.39 is 0 Å². The molecule has 2 rings (SSSR count). The number of benzene rings is 1. The fraction of sp³-hybridized carbons (Fsp3) is 0.600. The first-order valence-electron chi connectivity index (χ1n) is 6.47. The first-order chi connectivity index (χ1) is 7.75. The Hall–Kier alpha value is -0.820. The van der Waals surface area contributed by atoms with Crippen LogP contribution >= 0.6 is 0 Å². The molecule has 3 unspecified atom stereocenters. The van der Waals surface area contributed by atoms with E-state index >= 15 is 0 Å². The highest BCUT2D eigenvalue weighted by molar-refractivity contribution is 5.14. The SMILES string of the molecule is CC1CCC(O)C(CCc2ccccc2)C1.